The predicted octanol–water partition coefficient (Wildman–Crippen LogP) is 2.56. The van der Waals surface area contributed by atoms with Crippen molar-refractivity contribution in [1.29, 1.82) is 0 Å². The zero-order valence-electron chi connectivity index (χ0n) is 8.88. The van der Waals surface area contributed by atoms with Gasteiger partial charge in [0.15, 0.2) is 5.78 Å². The average Bonchev–Trinajstić information content (AvgIpc) is 2.55. The maximum atomic E-state index is 11.5. The van der Waals surface area contributed by atoms with Gasteiger partial charge in [0.1, 0.15) is 6.10 Å². The van der Waals surface area contributed by atoms with Gasteiger partial charge >= 0.3 is 0 Å². The molecule has 1 aliphatic rings. The molecule has 2 heteroatoms. The van der Waals surface area contributed by atoms with Crippen molar-refractivity contribution in [3.8, 4) is 0 Å². The zero-order chi connectivity index (χ0) is 9.84. The van der Waals surface area contributed by atoms with Crippen LogP contribution in [-0.2, 0) is 9.53 Å². The van der Waals surface area contributed by atoms with Gasteiger partial charge in [0, 0.05) is 5.92 Å². The molecule has 0 saturated heterocycles. The van der Waals surface area contributed by atoms with Gasteiger partial charge in [0.2, 0.25) is 0 Å². The van der Waals surface area contributed by atoms with Gasteiger partial charge in [0.25, 0.3) is 0 Å². The van der Waals surface area contributed by atoms with Crippen molar-refractivity contribution in [1.82, 2.24) is 0 Å². The van der Waals surface area contributed by atoms with E-state index in [9.17, 15) is 4.79 Å². The fourth-order valence-corrected chi connectivity index (χ4v) is 1.85. The fourth-order valence-electron chi connectivity index (χ4n) is 1.85. The van der Waals surface area contributed by atoms with Gasteiger partial charge in [-0.05, 0) is 19.8 Å². The van der Waals surface area contributed by atoms with Gasteiger partial charge in [-0.2, -0.15) is 0 Å². The largest absolute Gasteiger partial charge is 0.368 e. The van der Waals surface area contributed by atoms with Crippen molar-refractivity contribution in [2.24, 2.45) is 5.92 Å². The molecule has 0 amide bonds. The molecule has 0 N–H and O–H groups in total. The molecule has 0 radical (unpaired) electrons. The van der Waals surface area contributed by atoms with E-state index in [2.05, 4.69) is 0 Å². The summed E-state index contributed by atoms with van der Waals surface area (Å²) >= 11 is 0. The lowest BCUT2D eigenvalue weighted by Gasteiger charge is -2.18. The Morgan fingerprint density at radius 1 is 1.23 bits per heavy atom. The highest BCUT2D eigenvalue weighted by Gasteiger charge is 2.23. The summed E-state index contributed by atoms with van der Waals surface area (Å²) in [5, 5.41) is 0. The third-order valence-corrected chi connectivity index (χ3v) is 2.67. The molecular weight excluding hydrogens is 164 g/mol. The number of hydrogen-bond donors (Lipinski definition) is 0. The van der Waals surface area contributed by atoms with Crippen LogP contribution in [0.2, 0.25) is 0 Å². The third-order valence-electron chi connectivity index (χ3n) is 2.67. The van der Waals surface area contributed by atoms with Crippen molar-refractivity contribution in [2.75, 3.05) is 0 Å². The number of hydrogen-bond acceptors (Lipinski definition) is 2. The Morgan fingerprint density at radius 2 is 1.77 bits per heavy atom. The second-order valence-corrected chi connectivity index (χ2v) is 4.24. The molecule has 0 aliphatic heterocycles. The van der Waals surface area contributed by atoms with Crippen molar-refractivity contribution in [3.63, 3.8) is 0 Å². The van der Waals surface area contributed by atoms with Crippen LogP contribution in [0, 0.1) is 5.92 Å². The minimum absolute atomic E-state index is 0.0939. The van der Waals surface area contributed by atoms with Crippen LogP contribution in [0.4, 0.5) is 0 Å². The molecule has 0 heterocycles. The minimum atomic E-state index is -0.205. The number of carbonyl (C=O) groups is 1. The summed E-state index contributed by atoms with van der Waals surface area (Å²) in [5.41, 5.74) is 0. The Morgan fingerprint density at radius 3 is 2.23 bits per heavy atom. The predicted molar refractivity (Wildman–Crippen MR) is 52.6 cm³/mol. The Labute approximate surface area is 80.7 Å². The molecule has 1 saturated carbocycles. The van der Waals surface area contributed by atoms with Gasteiger partial charge in [0.05, 0.1) is 6.10 Å². The molecule has 1 rings (SSSR count). The van der Waals surface area contributed by atoms with Crippen molar-refractivity contribution >= 4 is 5.78 Å². The molecule has 1 fully saturated rings. The Bertz CT molecular complexity index is 169. The van der Waals surface area contributed by atoms with E-state index in [1.165, 1.54) is 12.8 Å². The molecule has 2 nitrogen and oxygen atoms in total. The van der Waals surface area contributed by atoms with Crippen LogP contribution in [0.1, 0.15) is 46.5 Å². The van der Waals surface area contributed by atoms with E-state index in [1.54, 1.807) is 0 Å². The minimum Gasteiger partial charge on any atom is -0.368 e. The molecule has 0 unspecified atom stereocenters. The maximum Gasteiger partial charge on any atom is 0.163 e. The lowest BCUT2D eigenvalue weighted by molar-refractivity contribution is -0.135. The quantitative estimate of drug-likeness (QED) is 0.671. The SMILES string of the molecule is CC(C)C(=O)[C@@H](C)OC1CCCC1. The van der Waals surface area contributed by atoms with Crippen molar-refractivity contribution < 1.29 is 9.53 Å². The van der Waals surface area contributed by atoms with Gasteiger partial charge in [-0.15, -0.1) is 0 Å². The van der Waals surface area contributed by atoms with Crippen LogP contribution < -0.4 is 0 Å². The first kappa shape index (κ1) is 10.7. The molecule has 0 aromatic carbocycles. The number of Topliss-reactive ketones (excluding diaryl/α,β-unsaturated/α-hetero) is 1. The summed E-state index contributed by atoms with van der Waals surface area (Å²) in [4.78, 5) is 11.5. The van der Waals surface area contributed by atoms with Crippen LogP contribution in [0.15, 0.2) is 0 Å². The summed E-state index contributed by atoms with van der Waals surface area (Å²) in [5.74, 6) is 0.323. The molecule has 0 bridgehead atoms. The van der Waals surface area contributed by atoms with Crippen LogP contribution in [0.5, 0.6) is 0 Å². The number of carbonyl (C=O) groups excluding carboxylic acids is 1. The van der Waals surface area contributed by atoms with Gasteiger partial charge in [-0.25, -0.2) is 0 Å². The van der Waals surface area contributed by atoms with E-state index in [-0.39, 0.29) is 17.8 Å². The second kappa shape index (κ2) is 4.75. The Hall–Kier alpha value is -0.370. The summed E-state index contributed by atoms with van der Waals surface area (Å²) in [6.07, 6.45) is 4.92. The summed E-state index contributed by atoms with van der Waals surface area (Å²) in [6.45, 7) is 5.73. The van der Waals surface area contributed by atoms with E-state index in [0.29, 0.717) is 6.10 Å². The molecule has 13 heavy (non-hydrogen) atoms. The first-order chi connectivity index (χ1) is 6.11. The molecule has 0 spiro atoms. The highest BCUT2D eigenvalue weighted by Crippen LogP contribution is 2.22. The molecular formula is C11H20O2. The van der Waals surface area contributed by atoms with Crippen molar-refractivity contribution in [3.05, 3.63) is 0 Å². The summed E-state index contributed by atoms with van der Waals surface area (Å²) in [7, 11) is 0. The van der Waals surface area contributed by atoms with Gasteiger partial charge in [-0.1, -0.05) is 26.7 Å². The van der Waals surface area contributed by atoms with Crippen LogP contribution in [-0.4, -0.2) is 18.0 Å². The molecule has 1 aliphatic carbocycles. The highest BCUT2D eigenvalue weighted by atomic mass is 16.5. The summed E-state index contributed by atoms with van der Waals surface area (Å²) < 4.78 is 5.68. The lowest BCUT2D eigenvalue weighted by Crippen LogP contribution is -2.28. The van der Waals surface area contributed by atoms with E-state index >= 15 is 0 Å². The molecule has 0 aromatic rings. The number of ketones is 1. The summed E-state index contributed by atoms with van der Waals surface area (Å²) in [6, 6.07) is 0. The molecule has 0 aromatic heterocycles. The molecule has 76 valence electrons. The van der Waals surface area contributed by atoms with Gasteiger partial charge < -0.3 is 4.74 Å². The van der Waals surface area contributed by atoms with E-state index in [1.807, 2.05) is 20.8 Å². The fraction of sp³-hybridized carbons (Fsp3) is 0.909. The van der Waals surface area contributed by atoms with Crippen LogP contribution >= 0.6 is 0 Å². The topological polar surface area (TPSA) is 26.3 Å². The van der Waals surface area contributed by atoms with Crippen LogP contribution in [0.25, 0.3) is 0 Å². The number of rotatable bonds is 4. The van der Waals surface area contributed by atoms with E-state index in [4.69, 9.17) is 4.74 Å². The number of ether oxygens (including phenoxy) is 1. The van der Waals surface area contributed by atoms with Gasteiger partial charge in [-0.3, -0.25) is 4.79 Å². The Balaban J connectivity index is 2.31. The van der Waals surface area contributed by atoms with E-state index in [0.717, 1.165) is 12.8 Å². The standard InChI is InChI=1S/C11H20O2/c1-8(2)11(12)9(3)13-10-6-4-5-7-10/h8-10H,4-7H2,1-3H3/t9-/m1/s1. The maximum absolute atomic E-state index is 11.5. The molecule has 1 atom stereocenters. The lowest BCUT2D eigenvalue weighted by atomic mass is 10.1. The first-order valence-corrected chi connectivity index (χ1v) is 5.30. The monoisotopic (exact) mass is 184 g/mol. The van der Waals surface area contributed by atoms with E-state index < -0.39 is 0 Å². The van der Waals surface area contributed by atoms with Crippen molar-refractivity contribution in [2.45, 2.75) is 58.7 Å². The average molecular weight is 184 g/mol. The highest BCUT2D eigenvalue weighted by molar-refractivity contribution is 5.84. The van der Waals surface area contributed by atoms with Crippen LogP contribution in [0.3, 0.4) is 0 Å². The normalized spacial score (nSPS) is 20.9. The third kappa shape index (κ3) is 3.11. The second-order valence-electron chi connectivity index (χ2n) is 4.24. The zero-order valence-corrected chi connectivity index (χ0v) is 8.88. The first-order valence-electron chi connectivity index (χ1n) is 5.30. The Kier molecular flexibility index (Phi) is 3.91. The smallest absolute Gasteiger partial charge is 0.163 e.